The lowest BCUT2D eigenvalue weighted by Crippen LogP contribution is -2.24. The summed E-state index contributed by atoms with van der Waals surface area (Å²) in [6.45, 7) is 1.33. The average molecular weight is 461 g/mol. The lowest BCUT2D eigenvalue weighted by Gasteiger charge is -2.31. The number of Topliss-reactive ketones (excluding diaryl/α,β-unsaturated/α-hetero) is 1. The molecule has 2 aliphatic carbocycles. The largest absolute Gasteiger partial charge is 0.481 e. The van der Waals surface area contributed by atoms with Crippen LogP contribution < -0.4 is 0 Å². The molecule has 4 rings (SSSR count). The summed E-state index contributed by atoms with van der Waals surface area (Å²) in [7, 11) is 0. The average Bonchev–Trinajstić information content (AvgIpc) is 3.44. The first kappa shape index (κ1) is 23.8. The SMILES string of the molecule is CC(C(=O)O)C(=O)CC(O)C=CC1=C(c2ccc(F)cc2)C=C(c2ccccc2)C12CCCC2. The molecule has 0 aromatic heterocycles. The number of aliphatic hydroxyl groups excluding tert-OH is 1. The summed E-state index contributed by atoms with van der Waals surface area (Å²) in [5, 5.41) is 19.6. The number of hydrogen-bond donors (Lipinski definition) is 2. The summed E-state index contributed by atoms with van der Waals surface area (Å²) < 4.78 is 13.7. The number of carboxylic acids is 1. The number of benzene rings is 2. The minimum atomic E-state index is -1.19. The van der Waals surface area contributed by atoms with Crippen molar-refractivity contribution in [1.82, 2.24) is 0 Å². The second-order valence-corrected chi connectivity index (χ2v) is 9.20. The van der Waals surface area contributed by atoms with Gasteiger partial charge in [-0.05, 0) is 65.8 Å². The highest BCUT2D eigenvalue weighted by atomic mass is 19.1. The van der Waals surface area contributed by atoms with Crippen molar-refractivity contribution in [2.75, 3.05) is 0 Å². The smallest absolute Gasteiger partial charge is 0.313 e. The summed E-state index contributed by atoms with van der Waals surface area (Å²) in [6, 6.07) is 16.6. The normalized spacial score (nSPS) is 19.0. The molecule has 0 amide bonds. The molecule has 1 saturated carbocycles. The van der Waals surface area contributed by atoms with Crippen LogP contribution in [0, 0.1) is 17.2 Å². The number of halogens is 1. The van der Waals surface area contributed by atoms with Gasteiger partial charge in [-0.2, -0.15) is 0 Å². The minimum absolute atomic E-state index is 0.223. The Labute approximate surface area is 199 Å². The zero-order valence-electron chi connectivity index (χ0n) is 19.2. The molecular formula is C29H29FO4. The minimum Gasteiger partial charge on any atom is -0.481 e. The Kier molecular flexibility index (Phi) is 6.94. The fourth-order valence-electron chi connectivity index (χ4n) is 5.17. The monoisotopic (exact) mass is 460 g/mol. The molecule has 0 heterocycles. The van der Waals surface area contributed by atoms with Gasteiger partial charge in [0.15, 0.2) is 0 Å². The lowest BCUT2D eigenvalue weighted by molar-refractivity contribution is -0.145. The van der Waals surface area contributed by atoms with Crippen molar-refractivity contribution in [3.63, 3.8) is 0 Å². The third-order valence-electron chi connectivity index (χ3n) is 7.06. The molecule has 34 heavy (non-hydrogen) atoms. The first-order chi connectivity index (χ1) is 16.3. The highest BCUT2D eigenvalue weighted by Crippen LogP contribution is 2.59. The summed E-state index contributed by atoms with van der Waals surface area (Å²) in [4.78, 5) is 23.3. The maximum Gasteiger partial charge on any atom is 0.313 e. The van der Waals surface area contributed by atoms with Gasteiger partial charge in [-0.25, -0.2) is 4.39 Å². The van der Waals surface area contributed by atoms with Gasteiger partial charge in [0.2, 0.25) is 0 Å². The number of carbonyl (C=O) groups is 2. The molecule has 1 fully saturated rings. The number of hydrogen-bond acceptors (Lipinski definition) is 3. The van der Waals surface area contributed by atoms with Gasteiger partial charge in [-0.1, -0.05) is 67.5 Å². The number of allylic oxidation sites excluding steroid dienone is 5. The molecule has 2 aliphatic rings. The summed E-state index contributed by atoms with van der Waals surface area (Å²) in [6.07, 6.45) is 8.40. The molecule has 2 aromatic rings. The standard InChI is InChI=1S/C29H29FO4/c1-19(28(33)34)27(32)17-23(31)13-14-25-24(20-9-11-22(30)12-10-20)18-26(21-7-3-2-4-8-21)29(25)15-5-6-16-29/h2-4,7-14,18-19,23,31H,5-6,15-17H2,1H3,(H,33,34). The van der Waals surface area contributed by atoms with Gasteiger partial charge in [0.1, 0.15) is 17.5 Å². The van der Waals surface area contributed by atoms with Crippen LogP contribution in [0.3, 0.4) is 0 Å². The maximum absolute atomic E-state index is 13.7. The summed E-state index contributed by atoms with van der Waals surface area (Å²) >= 11 is 0. The second-order valence-electron chi connectivity index (χ2n) is 9.20. The zero-order chi connectivity index (χ0) is 24.3. The van der Waals surface area contributed by atoms with Crippen molar-refractivity contribution in [2.45, 2.75) is 45.1 Å². The van der Waals surface area contributed by atoms with Gasteiger partial charge < -0.3 is 10.2 Å². The van der Waals surface area contributed by atoms with E-state index in [1.807, 2.05) is 24.3 Å². The molecule has 176 valence electrons. The van der Waals surface area contributed by atoms with Crippen molar-refractivity contribution in [1.29, 1.82) is 0 Å². The van der Waals surface area contributed by atoms with Crippen molar-refractivity contribution >= 4 is 22.9 Å². The Morgan fingerprint density at radius 3 is 2.29 bits per heavy atom. The highest BCUT2D eigenvalue weighted by Gasteiger charge is 2.45. The van der Waals surface area contributed by atoms with E-state index in [-0.39, 0.29) is 17.7 Å². The van der Waals surface area contributed by atoms with Crippen LogP contribution in [0.15, 0.2) is 78.4 Å². The van der Waals surface area contributed by atoms with Gasteiger partial charge in [-0.3, -0.25) is 9.59 Å². The molecule has 0 aliphatic heterocycles. The Hall–Kier alpha value is -3.31. The second kappa shape index (κ2) is 9.90. The highest BCUT2D eigenvalue weighted by molar-refractivity contribution is 5.98. The van der Waals surface area contributed by atoms with Gasteiger partial charge in [-0.15, -0.1) is 0 Å². The van der Waals surface area contributed by atoms with E-state index in [0.717, 1.165) is 48.0 Å². The molecular weight excluding hydrogens is 431 g/mol. The number of carbonyl (C=O) groups excluding carboxylic acids is 1. The molecule has 5 heteroatoms. The van der Waals surface area contributed by atoms with E-state index in [4.69, 9.17) is 5.11 Å². The van der Waals surface area contributed by atoms with E-state index in [9.17, 15) is 19.1 Å². The first-order valence-electron chi connectivity index (χ1n) is 11.7. The molecule has 4 nitrogen and oxygen atoms in total. The van der Waals surface area contributed by atoms with Crippen molar-refractivity contribution in [3.8, 4) is 0 Å². The molecule has 1 spiro atoms. The molecule has 0 saturated heterocycles. The van der Waals surface area contributed by atoms with Crippen LogP contribution in [0.1, 0.15) is 50.2 Å². The lowest BCUT2D eigenvalue weighted by atomic mass is 9.72. The molecule has 2 N–H and O–H groups in total. The van der Waals surface area contributed by atoms with Gasteiger partial charge in [0, 0.05) is 11.8 Å². The van der Waals surface area contributed by atoms with Crippen LogP contribution in [0.25, 0.3) is 11.1 Å². The quantitative estimate of drug-likeness (QED) is 0.486. The van der Waals surface area contributed by atoms with Crippen LogP contribution in [-0.4, -0.2) is 28.1 Å². The number of rotatable bonds is 8. The van der Waals surface area contributed by atoms with Gasteiger partial charge in [0.05, 0.1) is 6.10 Å². The van der Waals surface area contributed by atoms with Gasteiger partial charge in [0.25, 0.3) is 0 Å². The third kappa shape index (κ3) is 4.66. The molecule has 2 aromatic carbocycles. The Morgan fingerprint density at radius 1 is 1.03 bits per heavy atom. The van der Waals surface area contributed by atoms with Crippen LogP contribution in [0.2, 0.25) is 0 Å². The maximum atomic E-state index is 13.7. The molecule has 2 atom stereocenters. The summed E-state index contributed by atoms with van der Waals surface area (Å²) in [5.41, 5.74) is 5.05. The zero-order valence-corrected chi connectivity index (χ0v) is 19.2. The first-order valence-corrected chi connectivity index (χ1v) is 11.7. The van der Waals surface area contributed by atoms with E-state index in [0.29, 0.717) is 0 Å². The van der Waals surface area contributed by atoms with Crippen molar-refractivity contribution in [3.05, 3.63) is 95.3 Å². The predicted octanol–water partition coefficient (Wildman–Crippen LogP) is 5.83. The van der Waals surface area contributed by atoms with E-state index < -0.39 is 23.8 Å². The van der Waals surface area contributed by atoms with Crippen LogP contribution in [0.5, 0.6) is 0 Å². The number of ketones is 1. The van der Waals surface area contributed by atoms with Gasteiger partial charge >= 0.3 is 5.97 Å². The third-order valence-corrected chi connectivity index (χ3v) is 7.06. The Morgan fingerprint density at radius 2 is 1.68 bits per heavy atom. The molecule has 0 bridgehead atoms. The van der Waals surface area contributed by atoms with Crippen molar-refractivity contribution in [2.24, 2.45) is 11.3 Å². The molecule has 2 unspecified atom stereocenters. The van der Waals surface area contributed by atoms with E-state index in [1.54, 1.807) is 18.2 Å². The topological polar surface area (TPSA) is 74.6 Å². The number of carboxylic acid groups (broad SMARTS) is 1. The number of aliphatic hydroxyl groups is 1. The van der Waals surface area contributed by atoms with Crippen LogP contribution in [-0.2, 0) is 9.59 Å². The van der Waals surface area contributed by atoms with Crippen LogP contribution >= 0.6 is 0 Å². The molecule has 0 radical (unpaired) electrons. The summed E-state index contributed by atoms with van der Waals surface area (Å²) in [5.74, 6) is -3.16. The Bertz CT molecular complexity index is 1150. The number of aliphatic carboxylic acids is 1. The predicted molar refractivity (Wildman–Crippen MR) is 130 cm³/mol. The Balaban J connectivity index is 1.74. The fraction of sp³-hybridized carbons (Fsp3) is 0.310. The van der Waals surface area contributed by atoms with E-state index >= 15 is 0 Å². The van der Waals surface area contributed by atoms with Crippen molar-refractivity contribution < 1.29 is 24.2 Å². The fourth-order valence-corrected chi connectivity index (χ4v) is 5.17. The van der Waals surface area contributed by atoms with E-state index in [1.165, 1.54) is 24.6 Å². The van der Waals surface area contributed by atoms with Crippen LogP contribution in [0.4, 0.5) is 4.39 Å². The van der Waals surface area contributed by atoms with E-state index in [2.05, 4.69) is 18.2 Å².